The maximum Gasteiger partial charge on any atom is 0.281 e. The zero-order chi connectivity index (χ0) is 40.3. The maximum atomic E-state index is 14.2. The van der Waals surface area contributed by atoms with Crippen molar-refractivity contribution < 1.29 is 24.0 Å². The number of hydrogen-bond acceptors (Lipinski definition) is 9. The first-order valence-corrected chi connectivity index (χ1v) is 21.0. The monoisotopic (exact) mass is 783 g/mol. The van der Waals surface area contributed by atoms with Crippen molar-refractivity contribution in [2.45, 2.75) is 108 Å². The predicted octanol–water partition coefficient (Wildman–Crippen LogP) is 8.49. The summed E-state index contributed by atoms with van der Waals surface area (Å²) in [5, 5.41) is 17.9. The van der Waals surface area contributed by atoms with Gasteiger partial charge in [-0.05, 0) is 80.3 Å². The molecule has 2 N–H and O–H groups in total. The van der Waals surface area contributed by atoms with E-state index in [2.05, 4.69) is 65.4 Å². The lowest BCUT2D eigenvalue weighted by Crippen LogP contribution is -2.76. The van der Waals surface area contributed by atoms with Gasteiger partial charge in [-0.1, -0.05) is 83.6 Å². The Hall–Kier alpha value is -4.42. The fourth-order valence-electron chi connectivity index (χ4n) is 8.65. The minimum atomic E-state index is -1.50. The summed E-state index contributed by atoms with van der Waals surface area (Å²) in [6.07, 6.45) is 11.6. The molecule has 0 saturated carbocycles. The van der Waals surface area contributed by atoms with Crippen molar-refractivity contribution in [2.24, 2.45) is 11.3 Å². The van der Waals surface area contributed by atoms with Crippen molar-refractivity contribution in [3.05, 3.63) is 76.4 Å². The molecule has 3 atom stereocenters. The van der Waals surface area contributed by atoms with Gasteiger partial charge in [0.25, 0.3) is 11.6 Å². The van der Waals surface area contributed by atoms with Gasteiger partial charge in [0.15, 0.2) is 5.78 Å². The number of nitro groups is 1. The molecular weight excluding hydrogens is 727 g/mol. The molecule has 56 heavy (non-hydrogen) atoms. The number of fused-ring (bicyclic) bond motifs is 2. The number of rotatable bonds is 17. The van der Waals surface area contributed by atoms with E-state index in [0.717, 1.165) is 38.6 Å². The zero-order valence-electron chi connectivity index (χ0n) is 33.7. The van der Waals surface area contributed by atoms with Crippen molar-refractivity contribution >= 4 is 57.3 Å². The van der Waals surface area contributed by atoms with Crippen LogP contribution in [0.1, 0.15) is 97.5 Å². The minimum Gasteiger partial charge on any atom is -0.493 e. The number of piperazine rings is 1. The van der Waals surface area contributed by atoms with E-state index in [0.29, 0.717) is 31.7 Å². The molecule has 2 fully saturated rings. The van der Waals surface area contributed by atoms with E-state index >= 15 is 0 Å². The molecule has 3 aromatic rings. The van der Waals surface area contributed by atoms with E-state index in [1.54, 1.807) is 50.6 Å². The van der Waals surface area contributed by atoms with E-state index in [1.165, 1.54) is 58.8 Å². The predicted molar refractivity (Wildman–Crippen MR) is 224 cm³/mol. The van der Waals surface area contributed by atoms with Crippen LogP contribution in [0.5, 0.6) is 5.75 Å². The van der Waals surface area contributed by atoms with Crippen LogP contribution in [0.25, 0.3) is 16.3 Å². The standard InChI is InChI=1S/C44H57N5O6S/c1-30-42(2,3)39(50)35(29-44(30)41(52)48-26-17-24-43(48,4)40(51)46-44)33-23-22-31(28-37(33)49(53)54)55-27-14-12-10-8-7-9-11-13-25-45-56-38-21-16-18-32-34(38)19-15-20-36(32)47(5)6/h15-16,18-23,28-30,45H,7-14,17,24-27H2,1-6H3,(H,46,51). The lowest BCUT2D eigenvalue weighted by molar-refractivity contribution is -0.385. The Morgan fingerprint density at radius 2 is 1.62 bits per heavy atom. The Morgan fingerprint density at radius 1 is 0.946 bits per heavy atom. The molecule has 2 saturated heterocycles. The van der Waals surface area contributed by atoms with E-state index < -0.39 is 27.3 Å². The third kappa shape index (κ3) is 7.92. The molecule has 2 amide bonds. The Bertz CT molecular complexity index is 2010. The Labute approximate surface area is 335 Å². The fraction of sp³-hybridized carbons (Fsp3) is 0.523. The molecule has 0 radical (unpaired) electrons. The van der Waals surface area contributed by atoms with Gasteiger partial charge in [0, 0.05) is 60.1 Å². The normalized spacial score (nSPS) is 23.0. The molecule has 3 unspecified atom stereocenters. The number of unbranched alkanes of at least 4 members (excludes halogenated alkanes) is 7. The van der Waals surface area contributed by atoms with Gasteiger partial charge in [-0.2, -0.15) is 0 Å². The van der Waals surface area contributed by atoms with Crippen molar-refractivity contribution in [1.82, 2.24) is 14.9 Å². The average Bonchev–Trinajstić information content (AvgIpc) is 3.59. The van der Waals surface area contributed by atoms with Crippen LogP contribution < -0.4 is 19.7 Å². The molecule has 300 valence electrons. The number of nitrogens with zero attached hydrogens (tertiary/aromatic N) is 3. The molecule has 1 spiro atoms. The van der Waals surface area contributed by atoms with Gasteiger partial charge in [0.05, 0.1) is 23.2 Å². The van der Waals surface area contributed by atoms with Crippen molar-refractivity contribution in [1.29, 1.82) is 0 Å². The average molecular weight is 784 g/mol. The lowest BCUT2D eigenvalue weighted by Gasteiger charge is -2.54. The summed E-state index contributed by atoms with van der Waals surface area (Å²) in [4.78, 5) is 58.5. The van der Waals surface area contributed by atoms with Crippen LogP contribution in [0.3, 0.4) is 0 Å². The second-order valence-electron chi connectivity index (χ2n) is 16.6. The van der Waals surface area contributed by atoms with Crippen LogP contribution in [-0.2, 0) is 14.4 Å². The summed E-state index contributed by atoms with van der Waals surface area (Å²) in [5.41, 5.74) is -2.40. The van der Waals surface area contributed by atoms with Crippen molar-refractivity contribution in [3.8, 4) is 5.75 Å². The molecule has 6 rings (SSSR count). The van der Waals surface area contributed by atoms with Crippen LogP contribution in [0.15, 0.2) is 65.6 Å². The highest BCUT2D eigenvalue weighted by Crippen LogP contribution is 2.50. The molecule has 1 aliphatic carbocycles. The van der Waals surface area contributed by atoms with E-state index in [-0.39, 0.29) is 34.4 Å². The van der Waals surface area contributed by atoms with Crippen LogP contribution in [-0.4, -0.2) is 72.3 Å². The number of ketones is 1. The van der Waals surface area contributed by atoms with Gasteiger partial charge in [0.2, 0.25) is 5.91 Å². The van der Waals surface area contributed by atoms with Gasteiger partial charge in [-0.25, -0.2) is 0 Å². The first-order valence-electron chi connectivity index (χ1n) is 20.1. The largest absolute Gasteiger partial charge is 0.493 e. The number of Topliss-reactive ketones (excluding diaryl/α,β-unsaturated/α-hetero) is 1. The number of amides is 2. The number of anilines is 1. The lowest BCUT2D eigenvalue weighted by atomic mass is 9.58. The summed E-state index contributed by atoms with van der Waals surface area (Å²) in [6.45, 7) is 8.88. The number of nitrogens with one attached hydrogen (secondary N) is 2. The zero-order valence-corrected chi connectivity index (χ0v) is 34.6. The summed E-state index contributed by atoms with van der Waals surface area (Å²) < 4.78 is 9.49. The first kappa shape index (κ1) is 41.2. The molecule has 3 aromatic carbocycles. The van der Waals surface area contributed by atoms with E-state index in [4.69, 9.17) is 4.74 Å². The molecule has 0 bridgehead atoms. The highest BCUT2D eigenvalue weighted by molar-refractivity contribution is 7.97. The molecule has 12 heteroatoms. The molecule has 11 nitrogen and oxygen atoms in total. The van der Waals surface area contributed by atoms with Gasteiger partial charge in [-0.3, -0.25) is 29.2 Å². The number of carbonyl (C=O) groups is 3. The fourth-order valence-corrected chi connectivity index (χ4v) is 9.49. The summed E-state index contributed by atoms with van der Waals surface area (Å²) in [5.74, 6) is -1.08. The Morgan fingerprint density at radius 3 is 2.34 bits per heavy atom. The smallest absolute Gasteiger partial charge is 0.281 e. The van der Waals surface area contributed by atoms with Gasteiger partial charge < -0.3 is 19.9 Å². The van der Waals surface area contributed by atoms with Crippen molar-refractivity contribution in [3.63, 3.8) is 0 Å². The summed E-state index contributed by atoms with van der Waals surface area (Å²) in [7, 11) is 4.15. The number of ether oxygens (including phenoxy) is 1. The van der Waals surface area contributed by atoms with Crippen LogP contribution >= 0.6 is 11.9 Å². The topological polar surface area (TPSA) is 134 Å². The second-order valence-corrected chi connectivity index (χ2v) is 17.6. The van der Waals surface area contributed by atoms with Crippen LogP contribution in [0.4, 0.5) is 11.4 Å². The minimum absolute atomic E-state index is 0.0673. The molecular formula is C44H57N5O6S. The summed E-state index contributed by atoms with van der Waals surface area (Å²) in [6, 6.07) is 17.5. The highest BCUT2D eigenvalue weighted by Gasteiger charge is 2.64. The van der Waals surface area contributed by atoms with Gasteiger partial charge in [-0.15, -0.1) is 0 Å². The van der Waals surface area contributed by atoms with Crippen LogP contribution in [0.2, 0.25) is 0 Å². The van der Waals surface area contributed by atoms with E-state index in [1.807, 2.05) is 0 Å². The maximum absolute atomic E-state index is 14.2. The Kier molecular flexibility index (Phi) is 12.5. The van der Waals surface area contributed by atoms with E-state index in [9.17, 15) is 24.5 Å². The SMILES string of the molecule is CC1C(C)(C)C(=O)C(c2ccc(OCCCCCCCCCCNSc3cccc4c(N(C)C)cccc34)cc2[N+](=O)[O-])=CC12NC(=O)C1(C)CCCN1C2=O. The molecule has 0 aromatic heterocycles. The number of allylic oxidation sites excluding steroid dienone is 1. The Balaban J connectivity index is 0.950. The van der Waals surface area contributed by atoms with Crippen LogP contribution in [0, 0.1) is 21.4 Å². The third-order valence-corrected chi connectivity index (χ3v) is 13.4. The first-order chi connectivity index (χ1) is 26.7. The highest BCUT2D eigenvalue weighted by atomic mass is 32.2. The number of nitro benzene ring substituents is 1. The molecule has 2 aliphatic heterocycles. The van der Waals surface area contributed by atoms with Gasteiger partial charge in [0.1, 0.15) is 16.8 Å². The summed E-state index contributed by atoms with van der Waals surface area (Å²) >= 11 is 1.71. The number of carbonyl (C=O) groups excluding carboxylic acids is 3. The quantitative estimate of drug-likeness (QED) is 0.0599. The second kappa shape index (κ2) is 17.0. The number of benzene rings is 3. The third-order valence-electron chi connectivity index (χ3n) is 12.4. The van der Waals surface area contributed by atoms with Gasteiger partial charge >= 0.3 is 0 Å². The number of hydrogen-bond donors (Lipinski definition) is 2. The van der Waals surface area contributed by atoms with Crippen molar-refractivity contribution in [2.75, 3.05) is 38.7 Å². The molecule has 3 aliphatic rings. The molecule has 2 heterocycles.